The van der Waals surface area contributed by atoms with E-state index in [1.165, 1.54) is 11.8 Å². The number of hydrogen-bond donors (Lipinski definition) is 1. The maximum Gasteiger partial charge on any atom is 0.231 e. The molecule has 0 aliphatic carbocycles. The van der Waals surface area contributed by atoms with Gasteiger partial charge in [-0.05, 0) is 23.8 Å². The van der Waals surface area contributed by atoms with Crippen molar-refractivity contribution in [1.82, 2.24) is 5.32 Å². The highest BCUT2D eigenvalue weighted by molar-refractivity contribution is 8.27. The molecule has 17 heavy (non-hydrogen) atoms. The van der Waals surface area contributed by atoms with Crippen LogP contribution in [0, 0.1) is 0 Å². The summed E-state index contributed by atoms with van der Waals surface area (Å²) in [6.07, 6.45) is 1.99. The smallest absolute Gasteiger partial charge is 0.231 e. The third-order valence-corrected chi connectivity index (χ3v) is 3.97. The number of thiocarbonyl (C=S) groups is 2. The van der Waals surface area contributed by atoms with E-state index in [4.69, 9.17) is 33.9 Å². The largest absolute Gasteiger partial charge is 0.454 e. The summed E-state index contributed by atoms with van der Waals surface area (Å²) in [5.41, 5.74) is 1.02. The fourth-order valence-electron chi connectivity index (χ4n) is 1.58. The van der Waals surface area contributed by atoms with E-state index in [0.717, 1.165) is 22.0 Å². The van der Waals surface area contributed by atoms with Crippen LogP contribution in [0.2, 0.25) is 0 Å². The van der Waals surface area contributed by atoms with Crippen LogP contribution >= 0.6 is 36.2 Å². The van der Waals surface area contributed by atoms with E-state index in [-0.39, 0.29) is 6.79 Å². The highest BCUT2D eigenvalue weighted by Gasteiger charge is 2.19. The zero-order valence-electron chi connectivity index (χ0n) is 8.56. The van der Waals surface area contributed by atoms with E-state index in [1.807, 2.05) is 24.3 Å². The molecule has 6 heteroatoms. The molecule has 1 saturated heterocycles. The van der Waals surface area contributed by atoms with E-state index in [2.05, 4.69) is 5.32 Å². The predicted octanol–water partition coefficient (Wildman–Crippen LogP) is 2.70. The Hall–Kier alpha value is -1.11. The molecule has 0 saturated carbocycles. The molecule has 0 radical (unpaired) electrons. The van der Waals surface area contributed by atoms with Gasteiger partial charge in [0.25, 0.3) is 0 Å². The molecular weight excluding hydrogens is 274 g/mol. The third-order valence-electron chi connectivity index (χ3n) is 2.34. The van der Waals surface area contributed by atoms with Gasteiger partial charge in [0.05, 0.1) is 0 Å². The first-order valence-corrected chi connectivity index (χ1v) is 6.50. The molecule has 1 aromatic carbocycles. The molecule has 3 nitrogen and oxygen atoms in total. The van der Waals surface area contributed by atoms with Crippen molar-refractivity contribution in [2.75, 3.05) is 6.79 Å². The van der Waals surface area contributed by atoms with Crippen molar-refractivity contribution in [1.29, 1.82) is 0 Å². The number of nitrogens with one attached hydrogen (secondary N) is 1. The lowest BCUT2D eigenvalue weighted by molar-refractivity contribution is 0.174. The Morgan fingerprint density at radius 3 is 2.82 bits per heavy atom. The van der Waals surface area contributed by atoms with Gasteiger partial charge in [0.1, 0.15) is 9.31 Å². The van der Waals surface area contributed by atoms with Crippen LogP contribution in [0.4, 0.5) is 0 Å². The summed E-state index contributed by atoms with van der Waals surface area (Å²) in [5, 5.41) is 2.94. The Kier molecular flexibility index (Phi) is 2.78. The van der Waals surface area contributed by atoms with Crippen molar-refractivity contribution < 1.29 is 9.47 Å². The van der Waals surface area contributed by atoms with Crippen molar-refractivity contribution in [2.24, 2.45) is 0 Å². The number of hydrogen-bond acceptors (Lipinski definition) is 5. The van der Waals surface area contributed by atoms with Crippen molar-refractivity contribution >= 4 is 51.6 Å². The lowest BCUT2D eigenvalue weighted by Gasteiger charge is -1.99. The maximum absolute atomic E-state index is 5.32. The Bertz CT molecular complexity index is 554. The second-order valence-electron chi connectivity index (χ2n) is 3.46. The standard InChI is InChI=1S/C11H7NO2S3/c15-10-9(17-11(16)12-10)4-6-1-2-7-8(3-6)14-5-13-7/h1-4H,5H2,(H,12,15,16). The quantitative estimate of drug-likeness (QED) is 0.629. The molecule has 0 atom stereocenters. The summed E-state index contributed by atoms with van der Waals surface area (Å²) in [4.78, 5) is 1.64. The van der Waals surface area contributed by atoms with Crippen LogP contribution in [0.1, 0.15) is 5.56 Å². The summed E-state index contributed by atoms with van der Waals surface area (Å²) in [6.45, 7) is 0.286. The van der Waals surface area contributed by atoms with E-state index in [9.17, 15) is 0 Å². The molecule has 1 aromatic rings. The van der Waals surface area contributed by atoms with Gasteiger partial charge in [-0.15, -0.1) is 0 Å². The first kappa shape index (κ1) is 11.0. The molecule has 0 spiro atoms. The van der Waals surface area contributed by atoms with Gasteiger partial charge < -0.3 is 14.8 Å². The first-order valence-electron chi connectivity index (χ1n) is 4.87. The van der Waals surface area contributed by atoms with E-state index >= 15 is 0 Å². The Labute approximate surface area is 113 Å². The number of thioether (sulfide) groups is 1. The monoisotopic (exact) mass is 281 g/mol. The Morgan fingerprint density at radius 1 is 1.24 bits per heavy atom. The minimum absolute atomic E-state index is 0.286. The van der Waals surface area contributed by atoms with Gasteiger partial charge in [0.15, 0.2) is 11.5 Å². The fraction of sp³-hybridized carbons (Fsp3) is 0.0909. The molecule has 2 heterocycles. The number of ether oxygens (including phenoxy) is 2. The topological polar surface area (TPSA) is 30.5 Å². The highest BCUT2D eigenvalue weighted by atomic mass is 32.2. The molecule has 0 unspecified atom stereocenters. The molecule has 0 amide bonds. The van der Waals surface area contributed by atoms with Crippen molar-refractivity contribution in [3.63, 3.8) is 0 Å². The predicted molar refractivity (Wildman–Crippen MR) is 76.5 cm³/mol. The maximum atomic E-state index is 5.32. The van der Waals surface area contributed by atoms with Gasteiger partial charge in [0, 0.05) is 4.91 Å². The first-order chi connectivity index (χ1) is 8.22. The van der Waals surface area contributed by atoms with Crippen LogP contribution in [-0.4, -0.2) is 16.1 Å². The minimum atomic E-state index is 0.286. The number of rotatable bonds is 1. The second-order valence-corrected chi connectivity index (χ2v) is 5.59. The van der Waals surface area contributed by atoms with Crippen LogP contribution in [0.15, 0.2) is 23.1 Å². The van der Waals surface area contributed by atoms with Crippen molar-refractivity contribution in [2.45, 2.75) is 0 Å². The molecule has 1 N–H and O–H groups in total. The van der Waals surface area contributed by atoms with Crippen LogP contribution < -0.4 is 14.8 Å². The van der Waals surface area contributed by atoms with Crippen LogP contribution in [0.25, 0.3) is 6.08 Å². The summed E-state index contributed by atoms with van der Waals surface area (Å²) < 4.78 is 11.3. The molecule has 86 valence electrons. The number of benzene rings is 1. The molecular formula is C11H7NO2S3. The van der Waals surface area contributed by atoms with Crippen molar-refractivity contribution in [3.05, 3.63) is 28.7 Å². The van der Waals surface area contributed by atoms with Crippen molar-refractivity contribution in [3.8, 4) is 11.5 Å². The summed E-state index contributed by atoms with van der Waals surface area (Å²) in [6, 6.07) is 5.79. The van der Waals surface area contributed by atoms with E-state index < -0.39 is 0 Å². The summed E-state index contributed by atoms with van der Waals surface area (Å²) in [7, 11) is 0. The molecule has 2 aliphatic rings. The van der Waals surface area contributed by atoms with Gasteiger partial charge in [-0.3, -0.25) is 0 Å². The van der Waals surface area contributed by atoms with E-state index in [1.54, 1.807) is 0 Å². The molecule has 1 fully saturated rings. The lowest BCUT2D eigenvalue weighted by atomic mass is 10.2. The van der Waals surface area contributed by atoms with Gasteiger partial charge in [0.2, 0.25) is 6.79 Å². The highest BCUT2D eigenvalue weighted by Crippen LogP contribution is 2.34. The fourth-order valence-corrected chi connectivity index (χ4v) is 3.05. The van der Waals surface area contributed by atoms with Gasteiger partial charge >= 0.3 is 0 Å². The number of fused-ring (bicyclic) bond motifs is 1. The SMILES string of the molecule is S=C1NC(=S)C(=Cc2ccc3c(c2)OCO3)S1. The Morgan fingerprint density at radius 2 is 2.06 bits per heavy atom. The normalized spacial score (nSPS) is 19.9. The van der Waals surface area contributed by atoms with Crippen LogP contribution in [0.3, 0.4) is 0 Å². The van der Waals surface area contributed by atoms with Gasteiger partial charge in [-0.2, -0.15) is 0 Å². The summed E-state index contributed by atoms with van der Waals surface area (Å²) >= 11 is 11.7. The van der Waals surface area contributed by atoms with Gasteiger partial charge in [-0.25, -0.2) is 0 Å². The van der Waals surface area contributed by atoms with E-state index in [0.29, 0.717) is 9.31 Å². The molecule has 0 bridgehead atoms. The Balaban J connectivity index is 1.93. The second kappa shape index (κ2) is 4.29. The average Bonchev–Trinajstić information content (AvgIpc) is 2.85. The lowest BCUT2D eigenvalue weighted by Crippen LogP contribution is -2.15. The molecule has 0 aromatic heterocycles. The van der Waals surface area contributed by atoms with Crippen LogP contribution in [0.5, 0.6) is 11.5 Å². The average molecular weight is 281 g/mol. The molecule has 3 rings (SSSR count). The zero-order chi connectivity index (χ0) is 11.8. The van der Waals surface area contributed by atoms with Crippen LogP contribution in [-0.2, 0) is 0 Å². The third kappa shape index (κ3) is 2.15. The minimum Gasteiger partial charge on any atom is -0.454 e. The zero-order valence-corrected chi connectivity index (χ0v) is 11.0. The van der Waals surface area contributed by atoms with Gasteiger partial charge in [-0.1, -0.05) is 42.3 Å². The summed E-state index contributed by atoms with van der Waals surface area (Å²) in [5.74, 6) is 1.55. The molecule has 2 aliphatic heterocycles.